The van der Waals surface area contributed by atoms with Crippen LogP contribution in [0.3, 0.4) is 0 Å². The minimum atomic E-state index is -0.502. The maximum absolute atomic E-state index is 12.0. The van der Waals surface area contributed by atoms with E-state index in [1.807, 2.05) is 0 Å². The molecule has 1 N–H and O–H groups in total. The third kappa shape index (κ3) is 4.11. The lowest BCUT2D eigenvalue weighted by atomic mass is 10.1. The lowest BCUT2D eigenvalue weighted by molar-refractivity contribution is -0.385. The zero-order valence-electron chi connectivity index (χ0n) is 13.2. The van der Waals surface area contributed by atoms with Crippen LogP contribution in [-0.4, -0.2) is 30.3 Å². The summed E-state index contributed by atoms with van der Waals surface area (Å²) in [6.07, 6.45) is 1.35. The number of amides is 1. The van der Waals surface area contributed by atoms with E-state index in [1.54, 1.807) is 36.4 Å². The molecule has 0 bridgehead atoms. The van der Waals surface area contributed by atoms with Crippen LogP contribution in [0, 0.1) is 10.1 Å². The molecule has 0 saturated carbocycles. The molecule has 128 valence electrons. The Balaban J connectivity index is 1.61. The third-order valence-electron chi connectivity index (χ3n) is 3.50. The number of benzene rings is 2. The van der Waals surface area contributed by atoms with Crippen LogP contribution in [0.25, 0.3) is 0 Å². The van der Waals surface area contributed by atoms with Crippen molar-refractivity contribution in [2.24, 2.45) is 5.10 Å². The monoisotopic (exact) mass is 341 g/mol. The minimum Gasteiger partial charge on any atom is -0.486 e. The number of ether oxygens (including phenoxy) is 2. The maximum atomic E-state index is 12.0. The van der Waals surface area contributed by atoms with Gasteiger partial charge in [0.05, 0.1) is 23.1 Å². The Morgan fingerprint density at radius 1 is 1.20 bits per heavy atom. The number of carbonyl (C=O) groups excluding carboxylic acids is 1. The number of nitro groups is 1. The van der Waals surface area contributed by atoms with E-state index in [2.05, 4.69) is 10.5 Å². The van der Waals surface area contributed by atoms with Gasteiger partial charge in [-0.1, -0.05) is 18.2 Å². The van der Waals surface area contributed by atoms with Crippen LogP contribution in [0.1, 0.15) is 11.1 Å². The molecule has 1 amide bonds. The maximum Gasteiger partial charge on any atom is 0.278 e. The highest BCUT2D eigenvalue weighted by molar-refractivity contribution is 5.87. The summed E-state index contributed by atoms with van der Waals surface area (Å²) in [4.78, 5) is 22.4. The van der Waals surface area contributed by atoms with Crippen molar-refractivity contribution in [3.63, 3.8) is 0 Å². The molecule has 8 heteroatoms. The minimum absolute atomic E-state index is 0.0765. The summed E-state index contributed by atoms with van der Waals surface area (Å²) < 4.78 is 10.9. The molecule has 0 atom stereocenters. The zero-order valence-corrected chi connectivity index (χ0v) is 13.2. The van der Waals surface area contributed by atoms with Crippen molar-refractivity contribution in [1.82, 2.24) is 5.43 Å². The number of nitrogens with one attached hydrogen (secondary N) is 1. The SMILES string of the molecule is O=C(Cc1ccc2c(c1)OCCO2)N/N=C/c1ccccc1[N+](=O)[O-]. The van der Waals surface area contributed by atoms with Crippen LogP contribution < -0.4 is 14.9 Å². The highest BCUT2D eigenvalue weighted by Crippen LogP contribution is 2.30. The first kappa shape index (κ1) is 16.4. The van der Waals surface area contributed by atoms with E-state index in [0.717, 1.165) is 5.56 Å². The molecule has 0 fully saturated rings. The average Bonchev–Trinajstić information content (AvgIpc) is 2.62. The Morgan fingerprint density at radius 3 is 2.76 bits per heavy atom. The molecule has 1 aliphatic heterocycles. The van der Waals surface area contributed by atoms with Crippen LogP contribution in [0.5, 0.6) is 11.5 Å². The second kappa shape index (κ2) is 7.43. The van der Waals surface area contributed by atoms with Crippen LogP contribution in [-0.2, 0) is 11.2 Å². The standard InChI is InChI=1S/C17H15N3O5/c21-17(10-12-5-6-15-16(9-12)25-8-7-24-15)19-18-11-13-3-1-2-4-14(13)20(22)23/h1-6,9,11H,7-8,10H2,(H,19,21)/b18-11+. The Morgan fingerprint density at radius 2 is 1.96 bits per heavy atom. The van der Waals surface area contributed by atoms with Gasteiger partial charge in [-0.2, -0.15) is 5.10 Å². The van der Waals surface area contributed by atoms with Gasteiger partial charge in [0.25, 0.3) is 5.69 Å². The van der Waals surface area contributed by atoms with Gasteiger partial charge in [-0.3, -0.25) is 14.9 Å². The molecule has 0 radical (unpaired) electrons. The molecule has 8 nitrogen and oxygen atoms in total. The smallest absolute Gasteiger partial charge is 0.278 e. The molecule has 0 aliphatic carbocycles. The van der Waals surface area contributed by atoms with Crippen molar-refractivity contribution in [2.75, 3.05) is 13.2 Å². The normalized spacial score (nSPS) is 12.8. The molecule has 1 heterocycles. The van der Waals surface area contributed by atoms with E-state index in [1.165, 1.54) is 12.3 Å². The van der Waals surface area contributed by atoms with Crippen molar-refractivity contribution in [1.29, 1.82) is 0 Å². The van der Waals surface area contributed by atoms with Gasteiger partial charge in [0.15, 0.2) is 11.5 Å². The Hall–Kier alpha value is -3.42. The van der Waals surface area contributed by atoms with Crippen LogP contribution in [0.4, 0.5) is 5.69 Å². The summed E-state index contributed by atoms with van der Waals surface area (Å²) >= 11 is 0. The lowest BCUT2D eigenvalue weighted by Crippen LogP contribution is -2.20. The van der Waals surface area contributed by atoms with Gasteiger partial charge < -0.3 is 9.47 Å². The van der Waals surface area contributed by atoms with Crippen molar-refractivity contribution >= 4 is 17.8 Å². The van der Waals surface area contributed by atoms with Gasteiger partial charge in [0.1, 0.15) is 13.2 Å². The number of rotatable bonds is 5. The fourth-order valence-corrected chi connectivity index (χ4v) is 2.36. The van der Waals surface area contributed by atoms with E-state index in [0.29, 0.717) is 30.3 Å². The summed E-state index contributed by atoms with van der Waals surface area (Å²) in [6, 6.07) is 11.4. The number of fused-ring (bicyclic) bond motifs is 1. The molecule has 2 aromatic carbocycles. The number of nitrogens with zero attached hydrogens (tertiary/aromatic N) is 2. The summed E-state index contributed by atoms with van der Waals surface area (Å²) in [6.45, 7) is 0.982. The van der Waals surface area contributed by atoms with Crippen molar-refractivity contribution in [3.05, 3.63) is 63.7 Å². The molecular formula is C17H15N3O5. The molecule has 3 rings (SSSR count). The number of hydrogen-bond donors (Lipinski definition) is 1. The second-order valence-corrected chi connectivity index (χ2v) is 5.26. The third-order valence-corrected chi connectivity index (χ3v) is 3.50. The molecule has 25 heavy (non-hydrogen) atoms. The van der Waals surface area contributed by atoms with Gasteiger partial charge in [0, 0.05) is 6.07 Å². The van der Waals surface area contributed by atoms with Gasteiger partial charge in [-0.15, -0.1) is 0 Å². The van der Waals surface area contributed by atoms with Crippen LogP contribution >= 0.6 is 0 Å². The first-order valence-corrected chi connectivity index (χ1v) is 7.57. The summed E-state index contributed by atoms with van der Waals surface area (Å²) in [5.74, 6) is 0.927. The fraction of sp³-hybridized carbons (Fsp3) is 0.176. The van der Waals surface area contributed by atoms with E-state index >= 15 is 0 Å². The first-order valence-electron chi connectivity index (χ1n) is 7.57. The average molecular weight is 341 g/mol. The van der Waals surface area contributed by atoms with E-state index in [4.69, 9.17) is 9.47 Å². The van der Waals surface area contributed by atoms with Gasteiger partial charge in [0.2, 0.25) is 5.91 Å². The topological polar surface area (TPSA) is 103 Å². The molecular weight excluding hydrogens is 326 g/mol. The van der Waals surface area contributed by atoms with Gasteiger partial charge >= 0.3 is 0 Å². The highest BCUT2D eigenvalue weighted by Gasteiger charge is 2.13. The molecule has 0 aromatic heterocycles. The Labute approximate surface area is 143 Å². The van der Waals surface area contributed by atoms with E-state index in [9.17, 15) is 14.9 Å². The number of para-hydroxylation sites is 1. The Kier molecular flexibility index (Phi) is 4.89. The van der Waals surface area contributed by atoms with E-state index in [-0.39, 0.29) is 18.0 Å². The zero-order chi connectivity index (χ0) is 17.6. The molecule has 2 aromatic rings. The van der Waals surface area contributed by atoms with Crippen LogP contribution in [0.2, 0.25) is 0 Å². The highest BCUT2D eigenvalue weighted by atomic mass is 16.6. The molecule has 0 spiro atoms. The fourth-order valence-electron chi connectivity index (χ4n) is 2.36. The quantitative estimate of drug-likeness (QED) is 0.509. The molecule has 0 saturated heterocycles. The predicted octanol–water partition coefficient (Wildman–Crippen LogP) is 2.06. The largest absolute Gasteiger partial charge is 0.486 e. The molecule has 0 unspecified atom stereocenters. The molecule has 1 aliphatic rings. The van der Waals surface area contributed by atoms with Crippen molar-refractivity contribution < 1.29 is 19.2 Å². The predicted molar refractivity (Wildman–Crippen MR) is 90.0 cm³/mol. The van der Waals surface area contributed by atoms with Gasteiger partial charge in [-0.25, -0.2) is 5.43 Å². The van der Waals surface area contributed by atoms with Crippen molar-refractivity contribution in [3.8, 4) is 11.5 Å². The first-order chi connectivity index (χ1) is 12.1. The summed E-state index contributed by atoms with van der Waals surface area (Å²) in [7, 11) is 0. The lowest BCUT2D eigenvalue weighted by Gasteiger charge is -2.18. The number of carbonyl (C=O) groups is 1. The second-order valence-electron chi connectivity index (χ2n) is 5.26. The van der Waals surface area contributed by atoms with E-state index < -0.39 is 4.92 Å². The number of nitro benzene ring substituents is 1. The summed E-state index contributed by atoms with van der Waals surface area (Å²) in [5, 5.41) is 14.7. The van der Waals surface area contributed by atoms with Gasteiger partial charge in [-0.05, 0) is 23.8 Å². The van der Waals surface area contributed by atoms with Crippen molar-refractivity contribution in [2.45, 2.75) is 6.42 Å². The number of hydrazone groups is 1. The summed E-state index contributed by atoms with van der Waals surface area (Å²) in [5.41, 5.74) is 3.35. The van der Waals surface area contributed by atoms with Crippen LogP contribution in [0.15, 0.2) is 47.6 Å². The Bertz CT molecular complexity index is 835. The number of hydrogen-bond acceptors (Lipinski definition) is 6.